The second kappa shape index (κ2) is 6.54. The third-order valence-corrected chi connectivity index (χ3v) is 5.15. The Hall–Kier alpha value is -1.45. The average Bonchev–Trinajstić information content (AvgIpc) is 3.00. The van der Waals surface area contributed by atoms with Crippen molar-refractivity contribution in [1.29, 1.82) is 0 Å². The predicted molar refractivity (Wildman–Crippen MR) is 89.1 cm³/mol. The normalized spacial score (nSPS) is 14.8. The summed E-state index contributed by atoms with van der Waals surface area (Å²) in [6.45, 7) is 0. The summed E-state index contributed by atoms with van der Waals surface area (Å²) in [4.78, 5) is 1.32. The van der Waals surface area contributed by atoms with Crippen molar-refractivity contribution in [1.82, 2.24) is 0 Å². The molecular weight excluding hydrogens is 278 g/mol. The Morgan fingerprint density at radius 2 is 1.95 bits per heavy atom. The lowest BCUT2D eigenvalue weighted by Gasteiger charge is -2.15. The van der Waals surface area contributed by atoms with E-state index in [0.29, 0.717) is 0 Å². The van der Waals surface area contributed by atoms with Gasteiger partial charge in [-0.05, 0) is 48.6 Å². The van der Waals surface area contributed by atoms with Gasteiger partial charge in [-0.3, -0.25) is 0 Å². The monoisotopic (exact) mass is 299 g/mol. The lowest BCUT2D eigenvalue weighted by molar-refractivity contribution is 0.407. The molecule has 3 rings (SSSR count). The van der Waals surface area contributed by atoms with Crippen LogP contribution in [0.3, 0.4) is 0 Å². The molecule has 1 unspecified atom stereocenters. The molecule has 0 aromatic heterocycles. The first-order valence-electron chi connectivity index (χ1n) is 7.41. The molecule has 0 spiro atoms. The molecule has 0 saturated carbocycles. The maximum Gasteiger partial charge on any atom is 0.123 e. The number of benzene rings is 2. The molecule has 0 fully saturated rings. The zero-order valence-corrected chi connectivity index (χ0v) is 13.2. The van der Waals surface area contributed by atoms with E-state index in [1.807, 2.05) is 36.0 Å². The molecule has 0 aliphatic heterocycles. The van der Waals surface area contributed by atoms with Crippen molar-refractivity contribution >= 4 is 11.8 Å². The van der Waals surface area contributed by atoms with E-state index in [1.54, 1.807) is 7.11 Å². The van der Waals surface area contributed by atoms with Gasteiger partial charge in [0.2, 0.25) is 0 Å². The van der Waals surface area contributed by atoms with Crippen LogP contribution in [0.1, 0.15) is 29.2 Å². The summed E-state index contributed by atoms with van der Waals surface area (Å²) in [5.41, 5.74) is 10.4. The van der Waals surface area contributed by atoms with E-state index in [9.17, 15) is 0 Å². The quantitative estimate of drug-likeness (QED) is 0.848. The number of para-hydroxylation sites is 1. The Balaban J connectivity index is 1.67. The third-order valence-electron chi connectivity index (χ3n) is 4.04. The van der Waals surface area contributed by atoms with Gasteiger partial charge in [0.25, 0.3) is 0 Å². The van der Waals surface area contributed by atoms with E-state index >= 15 is 0 Å². The fourth-order valence-corrected chi connectivity index (χ4v) is 3.83. The summed E-state index contributed by atoms with van der Waals surface area (Å²) in [6.07, 6.45) is 3.76. The molecule has 0 heterocycles. The van der Waals surface area contributed by atoms with Gasteiger partial charge < -0.3 is 10.5 Å². The van der Waals surface area contributed by atoms with Crippen LogP contribution >= 0.6 is 11.8 Å². The highest BCUT2D eigenvalue weighted by atomic mass is 32.2. The molecule has 2 aromatic rings. The highest BCUT2D eigenvalue weighted by molar-refractivity contribution is 7.99. The van der Waals surface area contributed by atoms with E-state index in [1.165, 1.54) is 35.3 Å². The number of methoxy groups -OCH3 is 1. The fraction of sp³-hybridized carbons (Fsp3) is 0.333. The Bertz CT molecular complexity index is 626. The van der Waals surface area contributed by atoms with E-state index in [-0.39, 0.29) is 6.04 Å². The summed E-state index contributed by atoms with van der Waals surface area (Å²) < 4.78 is 5.39. The van der Waals surface area contributed by atoms with Gasteiger partial charge >= 0.3 is 0 Å². The molecule has 0 bridgehead atoms. The van der Waals surface area contributed by atoms with Gasteiger partial charge in [0, 0.05) is 22.3 Å². The molecule has 0 saturated heterocycles. The van der Waals surface area contributed by atoms with E-state index in [2.05, 4.69) is 18.2 Å². The molecule has 1 aliphatic carbocycles. The van der Waals surface area contributed by atoms with Crippen LogP contribution in [0, 0.1) is 0 Å². The minimum absolute atomic E-state index is 0.0144. The van der Waals surface area contributed by atoms with Crippen molar-refractivity contribution in [3.05, 3.63) is 59.2 Å². The van der Waals surface area contributed by atoms with E-state index in [4.69, 9.17) is 10.5 Å². The third kappa shape index (κ3) is 3.25. The average molecular weight is 299 g/mol. The van der Waals surface area contributed by atoms with Crippen LogP contribution in [0.2, 0.25) is 0 Å². The van der Waals surface area contributed by atoms with Gasteiger partial charge in [-0.15, -0.1) is 11.8 Å². The molecule has 2 aromatic carbocycles. The number of rotatable bonds is 5. The molecule has 0 amide bonds. The number of fused-ring (bicyclic) bond motifs is 1. The minimum Gasteiger partial charge on any atom is -0.496 e. The van der Waals surface area contributed by atoms with Crippen LogP contribution in [-0.2, 0) is 12.8 Å². The number of nitrogens with two attached hydrogens (primary N) is 1. The Morgan fingerprint density at radius 3 is 2.81 bits per heavy atom. The molecular formula is C18H21NOS. The fourth-order valence-electron chi connectivity index (χ4n) is 2.89. The van der Waals surface area contributed by atoms with Gasteiger partial charge in [-0.25, -0.2) is 0 Å². The molecule has 2 nitrogen and oxygen atoms in total. The maximum absolute atomic E-state index is 6.33. The van der Waals surface area contributed by atoms with Crippen LogP contribution in [0.5, 0.6) is 5.75 Å². The number of ether oxygens (including phenoxy) is 1. The summed E-state index contributed by atoms with van der Waals surface area (Å²) in [5.74, 6) is 1.73. The highest BCUT2D eigenvalue weighted by Gasteiger charge is 2.14. The van der Waals surface area contributed by atoms with E-state index in [0.717, 1.165) is 17.1 Å². The maximum atomic E-state index is 6.33. The van der Waals surface area contributed by atoms with Crippen LogP contribution in [0.15, 0.2) is 47.4 Å². The molecule has 110 valence electrons. The van der Waals surface area contributed by atoms with Gasteiger partial charge in [0.1, 0.15) is 5.75 Å². The lowest BCUT2D eigenvalue weighted by Crippen LogP contribution is -2.14. The van der Waals surface area contributed by atoms with Gasteiger partial charge in [0.15, 0.2) is 0 Å². The molecule has 1 atom stereocenters. The first-order valence-corrected chi connectivity index (χ1v) is 8.39. The summed E-state index contributed by atoms with van der Waals surface area (Å²) in [5, 5.41) is 0. The molecule has 0 radical (unpaired) electrons. The Kier molecular flexibility index (Phi) is 4.51. The van der Waals surface area contributed by atoms with Gasteiger partial charge in [0.05, 0.1) is 7.11 Å². The topological polar surface area (TPSA) is 35.2 Å². The zero-order valence-electron chi connectivity index (χ0n) is 12.3. The van der Waals surface area contributed by atoms with E-state index < -0.39 is 0 Å². The summed E-state index contributed by atoms with van der Waals surface area (Å²) in [6, 6.07) is 14.8. The van der Waals surface area contributed by atoms with Gasteiger partial charge in [-0.2, -0.15) is 0 Å². The van der Waals surface area contributed by atoms with Crippen molar-refractivity contribution < 1.29 is 4.74 Å². The SMILES string of the molecule is COc1ccccc1C(N)CSc1ccc2c(c1)CCC2. The van der Waals surface area contributed by atoms with Crippen molar-refractivity contribution in [2.45, 2.75) is 30.2 Å². The summed E-state index contributed by atoms with van der Waals surface area (Å²) in [7, 11) is 1.69. The van der Waals surface area contributed by atoms with Crippen LogP contribution in [-0.4, -0.2) is 12.9 Å². The van der Waals surface area contributed by atoms with Crippen molar-refractivity contribution in [3.8, 4) is 5.75 Å². The van der Waals surface area contributed by atoms with Gasteiger partial charge in [-0.1, -0.05) is 24.3 Å². The van der Waals surface area contributed by atoms with Crippen LogP contribution in [0.25, 0.3) is 0 Å². The van der Waals surface area contributed by atoms with Crippen molar-refractivity contribution in [3.63, 3.8) is 0 Å². The number of hydrogen-bond donors (Lipinski definition) is 1. The van der Waals surface area contributed by atoms with Crippen LogP contribution in [0.4, 0.5) is 0 Å². The predicted octanol–water partition coefficient (Wildman–Crippen LogP) is 3.98. The molecule has 2 N–H and O–H groups in total. The second-order valence-electron chi connectivity index (χ2n) is 5.44. The molecule has 1 aliphatic rings. The minimum atomic E-state index is -0.0144. The smallest absolute Gasteiger partial charge is 0.123 e. The molecule has 3 heteroatoms. The standard InChI is InChI=1S/C18H21NOS/c1-20-18-8-3-2-7-16(18)17(19)12-21-15-10-9-13-5-4-6-14(13)11-15/h2-3,7-11,17H,4-6,12,19H2,1H3. The largest absolute Gasteiger partial charge is 0.496 e. The second-order valence-corrected chi connectivity index (χ2v) is 6.54. The first kappa shape index (κ1) is 14.5. The number of aryl methyl sites for hydroxylation is 2. The Morgan fingerprint density at radius 1 is 1.14 bits per heavy atom. The van der Waals surface area contributed by atoms with Crippen molar-refractivity contribution in [2.24, 2.45) is 5.73 Å². The molecule has 21 heavy (non-hydrogen) atoms. The van der Waals surface area contributed by atoms with Crippen LogP contribution < -0.4 is 10.5 Å². The lowest BCUT2D eigenvalue weighted by atomic mass is 10.1. The Labute approximate surface area is 130 Å². The number of thioether (sulfide) groups is 1. The highest BCUT2D eigenvalue weighted by Crippen LogP contribution is 2.31. The number of hydrogen-bond acceptors (Lipinski definition) is 3. The zero-order chi connectivity index (χ0) is 14.7. The summed E-state index contributed by atoms with van der Waals surface area (Å²) >= 11 is 1.83. The van der Waals surface area contributed by atoms with Crippen molar-refractivity contribution in [2.75, 3.05) is 12.9 Å². The first-order chi connectivity index (χ1) is 10.3.